The van der Waals surface area contributed by atoms with Gasteiger partial charge >= 0.3 is 5.97 Å². The molecule has 0 saturated heterocycles. The molecule has 2 N–H and O–H groups in total. The summed E-state index contributed by atoms with van der Waals surface area (Å²) >= 11 is 0. The number of hydrogen-bond donors (Lipinski definition) is 2. The molecule has 2 rings (SSSR count). The summed E-state index contributed by atoms with van der Waals surface area (Å²) in [6, 6.07) is 6.57. The number of anilines is 1. The first kappa shape index (κ1) is 19.9. The minimum atomic E-state index is -0.878. The Bertz CT molecular complexity index is 674. The molecule has 1 fully saturated rings. The summed E-state index contributed by atoms with van der Waals surface area (Å²) < 4.78 is 5.30. The summed E-state index contributed by atoms with van der Waals surface area (Å²) in [5.74, 6) is -0.111. The van der Waals surface area contributed by atoms with E-state index in [4.69, 9.17) is 4.74 Å². The van der Waals surface area contributed by atoms with Crippen LogP contribution in [0.5, 0.6) is 0 Å². The SMILES string of the molecule is CC(=O)Nc1cccc(C(=O)O[C@H](C)C(=O)N[C@@H]2CCC[C@@H](C)[C@H]2C)c1. The van der Waals surface area contributed by atoms with Crippen LogP contribution in [-0.2, 0) is 14.3 Å². The molecule has 1 aromatic rings. The molecule has 6 nitrogen and oxygen atoms in total. The Labute approximate surface area is 154 Å². The Morgan fingerprint density at radius 2 is 1.92 bits per heavy atom. The van der Waals surface area contributed by atoms with E-state index in [2.05, 4.69) is 24.5 Å². The summed E-state index contributed by atoms with van der Waals surface area (Å²) in [7, 11) is 0. The van der Waals surface area contributed by atoms with Gasteiger partial charge in [-0.25, -0.2) is 4.79 Å². The first-order chi connectivity index (χ1) is 12.3. The van der Waals surface area contributed by atoms with Gasteiger partial charge in [0.15, 0.2) is 6.10 Å². The van der Waals surface area contributed by atoms with Crippen LogP contribution in [0.4, 0.5) is 5.69 Å². The number of nitrogens with one attached hydrogen (secondary N) is 2. The molecule has 1 aromatic carbocycles. The molecule has 1 aliphatic carbocycles. The molecule has 0 spiro atoms. The van der Waals surface area contributed by atoms with Crippen molar-refractivity contribution in [2.75, 3.05) is 5.32 Å². The third kappa shape index (κ3) is 5.31. The van der Waals surface area contributed by atoms with E-state index in [1.165, 1.54) is 19.4 Å². The largest absolute Gasteiger partial charge is 0.449 e. The molecular formula is C20H28N2O4. The number of benzene rings is 1. The van der Waals surface area contributed by atoms with Gasteiger partial charge in [0.2, 0.25) is 5.91 Å². The molecular weight excluding hydrogens is 332 g/mol. The normalized spacial score (nSPS) is 23.6. The molecule has 0 aromatic heterocycles. The van der Waals surface area contributed by atoms with Gasteiger partial charge in [-0.1, -0.05) is 32.8 Å². The number of rotatable bonds is 5. The van der Waals surface area contributed by atoms with E-state index in [-0.39, 0.29) is 23.4 Å². The van der Waals surface area contributed by atoms with Gasteiger partial charge in [0.1, 0.15) is 0 Å². The molecule has 4 atom stereocenters. The number of esters is 1. The zero-order valence-corrected chi connectivity index (χ0v) is 15.9. The lowest BCUT2D eigenvalue weighted by atomic mass is 9.78. The van der Waals surface area contributed by atoms with Crippen molar-refractivity contribution in [3.63, 3.8) is 0 Å². The van der Waals surface area contributed by atoms with Gasteiger partial charge in [-0.2, -0.15) is 0 Å². The molecule has 1 saturated carbocycles. The Morgan fingerprint density at radius 1 is 1.19 bits per heavy atom. The highest BCUT2D eigenvalue weighted by Gasteiger charge is 2.30. The van der Waals surface area contributed by atoms with Crippen LogP contribution in [0.3, 0.4) is 0 Å². The number of hydrogen-bond acceptors (Lipinski definition) is 4. The standard InChI is InChI=1S/C20H28N2O4/c1-12-7-5-10-18(13(12)2)22-19(24)14(3)26-20(25)16-8-6-9-17(11-16)21-15(4)23/h6,8-9,11-14,18H,5,7,10H2,1-4H3,(H,21,23)(H,22,24)/t12-,13-,14-,18-/m1/s1. The lowest BCUT2D eigenvalue weighted by Gasteiger charge is -2.35. The maximum atomic E-state index is 12.4. The van der Waals surface area contributed by atoms with Crippen molar-refractivity contribution in [2.45, 2.75) is 59.1 Å². The maximum Gasteiger partial charge on any atom is 0.338 e. The highest BCUT2D eigenvalue weighted by molar-refractivity contribution is 5.95. The summed E-state index contributed by atoms with van der Waals surface area (Å²) in [6.45, 7) is 7.32. The van der Waals surface area contributed by atoms with Crippen LogP contribution in [0.2, 0.25) is 0 Å². The second kappa shape index (κ2) is 8.83. The Hall–Kier alpha value is -2.37. The minimum Gasteiger partial charge on any atom is -0.449 e. The van der Waals surface area contributed by atoms with E-state index in [0.717, 1.165) is 12.8 Å². The highest BCUT2D eigenvalue weighted by atomic mass is 16.5. The van der Waals surface area contributed by atoms with Crippen LogP contribution in [0, 0.1) is 11.8 Å². The number of carbonyl (C=O) groups is 3. The molecule has 0 bridgehead atoms. The van der Waals surface area contributed by atoms with Gasteiger partial charge in [0.25, 0.3) is 5.91 Å². The molecule has 2 amide bonds. The second-order valence-corrected chi connectivity index (χ2v) is 7.19. The van der Waals surface area contributed by atoms with Crippen molar-refractivity contribution in [2.24, 2.45) is 11.8 Å². The fraction of sp³-hybridized carbons (Fsp3) is 0.550. The predicted molar refractivity (Wildman–Crippen MR) is 99.7 cm³/mol. The average molecular weight is 360 g/mol. The van der Waals surface area contributed by atoms with E-state index in [1.807, 2.05) is 0 Å². The van der Waals surface area contributed by atoms with Crippen molar-refractivity contribution < 1.29 is 19.1 Å². The van der Waals surface area contributed by atoms with Crippen LogP contribution >= 0.6 is 0 Å². The number of carbonyl (C=O) groups excluding carboxylic acids is 3. The topological polar surface area (TPSA) is 84.5 Å². The van der Waals surface area contributed by atoms with Crippen molar-refractivity contribution in [1.82, 2.24) is 5.32 Å². The van der Waals surface area contributed by atoms with Crippen molar-refractivity contribution in [3.05, 3.63) is 29.8 Å². The predicted octanol–water partition coefficient (Wildman–Crippen LogP) is 3.13. The van der Waals surface area contributed by atoms with Crippen molar-refractivity contribution in [3.8, 4) is 0 Å². The fourth-order valence-electron chi connectivity index (χ4n) is 3.30. The van der Waals surface area contributed by atoms with Crippen LogP contribution in [0.15, 0.2) is 24.3 Å². The summed E-state index contributed by atoms with van der Waals surface area (Å²) in [4.78, 5) is 35.8. The van der Waals surface area contributed by atoms with Gasteiger partial charge in [-0.15, -0.1) is 0 Å². The van der Waals surface area contributed by atoms with E-state index in [1.54, 1.807) is 25.1 Å². The minimum absolute atomic E-state index is 0.121. The van der Waals surface area contributed by atoms with Crippen molar-refractivity contribution >= 4 is 23.5 Å². The average Bonchev–Trinajstić information content (AvgIpc) is 2.58. The molecule has 26 heavy (non-hydrogen) atoms. The zero-order valence-electron chi connectivity index (χ0n) is 15.9. The fourth-order valence-corrected chi connectivity index (χ4v) is 3.30. The van der Waals surface area contributed by atoms with Crippen LogP contribution in [0.25, 0.3) is 0 Å². The maximum absolute atomic E-state index is 12.4. The lowest BCUT2D eigenvalue weighted by molar-refractivity contribution is -0.130. The quantitative estimate of drug-likeness (QED) is 0.790. The molecule has 0 unspecified atom stereocenters. The second-order valence-electron chi connectivity index (χ2n) is 7.19. The first-order valence-corrected chi connectivity index (χ1v) is 9.17. The van der Waals surface area contributed by atoms with Crippen molar-refractivity contribution in [1.29, 1.82) is 0 Å². The Morgan fingerprint density at radius 3 is 2.62 bits per heavy atom. The molecule has 0 aliphatic heterocycles. The monoisotopic (exact) mass is 360 g/mol. The van der Waals surface area contributed by atoms with Gasteiger partial charge in [0, 0.05) is 18.7 Å². The Balaban J connectivity index is 1.93. The summed E-state index contributed by atoms with van der Waals surface area (Å²) in [5, 5.41) is 5.63. The Kier molecular flexibility index (Phi) is 6.77. The lowest BCUT2D eigenvalue weighted by Crippen LogP contribution is -2.47. The zero-order chi connectivity index (χ0) is 19.3. The summed E-state index contributed by atoms with van der Waals surface area (Å²) in [5.41, 5.74) is 0.796. The molecule has 0 heterocycles. The van der Waals surface area contributed by atoms with E-state index < -0.39 is 12.1 Å². The van der Waals surface area contributed by atoms with Gasteiger partial charge in [-0.05, 0) is 43.4 Å². The first-order valence-electron chi connectivity index (χ1n) is 9.17. The van der Waals surface area contributed by atoms with E-state index >= 15 is 0 Å². The van der Waals surface area contributed by atoms with Crippen LogP contribution < -0.4 is 10.6 Å². The number of amides is 2. The third-order valence-electron chi connectivity index (χ3n) is 5.11. The van der Waals surface area contributed by atoms with Gasteiger partial charge in [0.05, 0.1) is 5.56 Å². The summed E-state index contributed by atoms with van der Waals surface area (Å²) in [6.07, 6.45) is 2.36. The highest BCUT2D eigenvalue weighted by Crippen LogP contribution is 2.29. The number of ether oxygens (including phenoxy) is 1. The molecule has 142 valence electrons. The van der Waals surface area contributed by atoms with Crippen LogP contribution in [0.1, 0.15) is 57.3 Å². The molecule has 0 radical (unpaired) electrons. The van der Waals surface area contributed by atoms with E-state index in [0.29, 0.717) is 17.5 Å². The van der Waals surface area contributed by atoms with E-state index in [9.17, 15) is 14.4 Å². The molecule has 1 aliphatic rings. The van der Waals surface area contributed by atoms with Gasteiger partial charge < -0.3 is 15.4 Å². The van der Waals surface area contributed by atoms with Crippen LogP contribution in [-0.4, -0.2) is 29.9 Å². The third-order valence-corrected chi connectivity index (χ3v) is 5.11. The smallest absolute Gasteiger partial charge is 0.338 e. The molecule has 6 heteroatoms. The van der Waals surface area contributed by atoms with Gasteiger partial charge in [-0.3, -0.25) is 9.59 Å².